The standard InChI is InChI=1S/C21H17N5O/c22-12-16-7-1-3-9-18(16)25-21-23-13-17(14-24-21)20(27)26-11-5-8-15-6-2-4-10-19(15)26/h1-4,6-7,9-10,13-14H,5,8,11H2,(H,23,24,25). The summed E-state index contributed by atoms with van der Waals surface area (Å²) < 4.78 is 0. The summed E-state index contributed by atoms with van der Waals surface area (Å²) in [6.07, 6.45) is 4.96. The Balaban J connectivity index is 1.55. The van der Waals surface area contributed by atoms with Gasteiger partial charge in [0.05, 0.1) is 16.8 Å². The molecule has 6 heteroatoms. The van der Waals surface area contributed by atoms with Gasteiger partial charge >= 0.3 is 0 Å². The minimum atomic E-state index is -0.105. The van der Waals surface area contributed by atoms with Crippen LogP contribution in [0.5, 0.6) is 0 Å². The Morgan fingerprint density at radius 1 is 1.07 bits per heavy atom. The highest BCUT2D eigenvalue weighted by Crippen LogP contribution is 2.28. The van der Waals surface area contributed by atoms with Gasteiger partial charge in [-0.15, -0.1) is 0 Å². The number of amides is 1. The molecule has 0 atom stereocenters. The third-order valence-electron chi connectivity index (χ3n) is 4.55. The van der Waals surface area contributed by atoms with Crippen molar-refractivity contribution in [3.05, 3.63) is 77.6 Å². The van der Waals surface area contributed by atoms with Crippen LogP contribution in [0.2, 0.25) is 0 Å². The molecule has 27 heavy (non-hydrogen) atoms. The van der Waals surface area contributed by atoms with Crippen molar-refractivity contribution in [1.29, 1.82) is 5.26 Å². The van der Waals surface area contributed by atoms with E-state index >= 15 is 0 Å². The first kappa shape index (κ1) is 16.7. The first-order chi connectivity index (χ1) is 13.3. The maximum Gasteiger partial charge on any atom is 0.261 e. The lowest BCUT2D eigenvalue weighted by molar-refractivity contribution is 0.0984. The van der Waals surface area contributed by atoms with E-state index in [1.807, 2.05) is 24.3 Å². The number of hydrogen-bond donors (Lipinski definition) is 1. The monoisotopic (exact) mass is 355 g/mol. The summed E-state index contributed by atoms with van der Waals surface area (Å²) in [5.74, 6) is 0.236. The summed E-state index contributed by atoms with van der Waals surface area (Å²) in [5, 5.41) is 12.2. The lowest BCUT2D eigenvalue weighted by Gasteiger charge is -2.29. The summed E-state index contributed by atoms with van der Waals surface area (Å²) in [6, 6.07) is 17.2. The molecule has 0 saturated carbocycles. The number of carbonyl (C=O) groups is 1. The average molecular weight is 355 g/mol. The molecule has 2 aromatic carbocycles. The Bertz CT molecular complexity index is 1020. The van der Waals surface area contributed by atoms with E-state index < -0.39 is 0 Å². The molecule has 1 aromatic heterocycles. The molecule has 0 fully saturated rings. The van der Waals surface area contributed by atoms with Crippen LogP contribution in [0.25, 0.3) is 0 Å². The molecule has 0 radical (unpaired) electrons. The zero-order valence-corrected chi connectivity index (χ0v) is 14.6. The Labute approximate surface area is 157 Å². The van der Waals surface area contributed by atoms with Crippen LogP contribution < -0.4 is 10.2 Å². The molecule has 4 rings (SSSR count). The predicted octanol–water partition coefficient (Wildman–Crippen LogP) is 3.68. The first-order valence-electron chi connectivity index (χ1n) is 8.74. The summed E-state index contributed by atoms with van der Waals surface area (Å²) in [4.78, 5) is 23.2. The number of aromatic nitrogens is 2. The molecule has 6 nitrogen and oxygen atoms in total. The maximum absolute atomic E-state index is 12.9. The molecule has 0 unspecified atom stereocenters. The van der Waals surface area contributed by atoms with E-state index in [4.69, 9.17) is 5.26 Å². The van der Waals surface area contributed by atoms with E-state index in [9.17, 15) is 4.79 Å². The number of fused-ring (bicyclic) bond motifs is 1. The van der Waals surface area contributed by atoms with Crippen LogP contribution in [0.3, 0.4) is 0 Å². The molecule has 0 spiro atoms. The largest absolute Gasteiger partial charge is 0.323 e. The molecule has 0 bridgehead atoms. The van der Waals surface area contributed by atoms with Crippen LogP contribution >= 0.6 is 0 Å². The third-order valence-corrected chi connectivity index (χ3v) is 4.55. The van der Waals surface area contributed by atoms with Crippen molar-refractivity contribution in [3.8, 4) is 6.07 Å². The smallest absolute Gasteiger partial charge is 0.261 e. The van der Waals surface area contributed by atoms with Gasteiger partial charge in [-0.25, -0.2) is 9.97 Å². The van der Waals surface area contributed by atoms with Crippen LogP contribution in [0.15, 0.2) is 60.9 Å². The molecule has 1 amide bonds. The summed E-state index contributed by atoms with van der Waals surface area (Å²) in [7, 11) is 0. The second kappa shape index (κ2) is 7.26. The van der Waals surface area contributed by atoms with Gasteiger partial charge in [0.2, 0.25) is 5.95 Å². The number of hydrogen-bond acceptors (Lipinski definition) is 5. The molecular formula is C21H17N5O. The van der Waals surface area contributed by atoms with Crippen LogP contribution in [-0.4, -0.2) is 22.4 Å². The number of carbonyl (C=O) groups excluding carboxylic acids is 1. The van der Waals surface area contributed by atoms with E-state index in [1.54, 1.807) is 23.1 Å². The van der Waals surface area contributed by atoms with Gasteiger partial charge in [-0.3, -0.25) is 4.79 Å². The molecule has 0 aliphatic carbocycles. The molecule has 132 valence electrons. The van der Waals surface area contributed by atoms with Crippen molar-refractivity contribution in [2.75, 3.05) is 16.8 Å². The fourth-order valence-electron chi connectivity index (χ4n) is 3.21. The zero-order chi connectivity index (χ0) is 18.6. The van der Waals surface area contributed by atoms with Crippen LogP contribution in [-0.2, 0) is 6.42 Å². The van der Waals surface area contributed by atoms with Gasteiger partial charge in [0.25, 0.3) is 5.91 Å². The van der Waals surface area contributed by atoms with Crippen molar-refractivity contribution in [3.63, 3.8) is 0 Å². The van der Waals surface area contributed by atoms with Crippen molar-refractivity contribution in [1.82, 2.24) is 9.97 Å². The van der Waals surface area contributed by atoms with E-state index in [2.05, 4.69) is 27.4 Å². The number of benzene rings is 2. The highest BCUT2D eigenvalue weighted by molar-refractivity contribution is 6.06. The quantitative estimate of drug-likeness (QED) is 0.775. The summed E-state index contributed by atoms with van der Waals surface area (Å²) in [6.45, 7) is 0.686. The highest BCUT2D eigenvalue weighted by atomic mass is 16.2. The van der Waals surface area contributed by atoms with Gasteiger partial charge < -0.3 is 10.2 Å². The SMILES string of the molecule is N#Cc1ccccc1Nc1ncc(C(=O)N2CCCc3ccccc32)cn1. The maximum atomic E-state index is 12.9. The molecule has 1 N–H and O–H groups in total. The molecule has 3 aromatic rings. The lowest BCUT2D eigenvalue weighted by Crippen LogP contribution is -2.35. The topological polar surface area (TPSA) is 81.9 Å². The van der Waals surface area contributed by atoms with Gasteiger partial charge in [0, 0.05) is 24.6 Å². The predicted molar refractivity (Wildman–Crippen MR) is 103 cm³/mol. The normalized spacial score (nSPS) is 12.8. The minimum absolute atomic E-state index is 0.105. The number of anilines is 3. The molecule has 2 heterocycles. The number of nitriles is 1. The van der Waals surface area contributed by atoms with E-state index in [0.29, 0.717) is 29.3 Å². The van der Waals surface area contributed by atoms with E-state index in [0.717, 1.165) is 18.5 Å². The fourth-order valence-corrected chi connectivity index (χ4v) is 3.21. The lowest BCUT2D eigenvalue weighted by atomic mass is 10.0. The van der Waals surface area contributed by atoms with Gasteiger partial charge in [0.1, 0.15) is 6.07 Å². The number of rotatable bonds is 3. The number of para-hydroxylation sites is 2. The Morgan fingerprint density at radius 2 is 1.81 bits per heavy atom. The Morgan fingerprint density at radius 3 is 2.63 bits per heavy atom. The van der Waals surface area contributed by atoms with Crippen LogP contribution in [0.4, 0.5) is 17.3 Å². The molecule has 0 saturated heterocycles. The molecule has 1 aliphatic rings. The average Bonchev–Trinajstić information content (AvgIpc) is 2.74. The van der Waals surface area contributed by atoms with Gasteiger partial charge in [0.15, 0.2) is 0 Å². The number of aryl methyl sites for hydroxylation is 1. The van der Waals surface area contributed by atoms with Gasteiger partial charge in [-0.1, -0.05) is 30.3 Å². The van der Waals surface area contributed by atoms with E-state index in [-0.39, 0.29) is 5.91 Å². The zero-order valence-electron chi connectivity index (χ0n) is 14.6. The van der Waals surface area contributed by atoms with Crippen molar-refractivity contribution >= 4 is 23.2 Å². The molecular weight excluding hydrogens is 338 g/mol. The second-order valence-electron chi connectivity index (χ2n) is 6.27. The fraction of sp³-hybridized carbons (Fsp3) is 0.143. The van der Waals surface area contributed by atoms with E-state index in [1.165, 1.54) is 18.0 Å². The van der Waals surface area contributed by atoms with Crippen LogP contribution in [0.1, 0.15) is 27.9 Å². The first-order valence-corrected chi connectivity index (χ1v) is 8.74. The van der Waals surface area contributed by atoms with Gasteiger partial charge in [-0.2, -0.15) is 5.26 Å². The van der Waals surface area contributed by atoms with Crippen LogP contribution in [0, 0.1) is 11.3 Å². The summed E-state index contributed by atoms with van der Waals surface area (Å²) in [5.41, 5.74) is 3.71. The van der Waals surface area contributed by atoms with Crippen molar-refractivity contribution < 1.29 is 4.79 Å². The third kappa shape index (κ3) is 3.35. The second-order valence-corrected chi connectivity index (χ2v) is 6.27. The highest BCUT2D eigenvalue weighted by Gasteiger charge is 2.23. The van der Waals surface area contributed by atoms with Gasteiger partial charge in [-0.05, 0) is 36.6 Å². The number of nitrogens with zero attached hydrogens (tertiary/aromatic N) is 4. The van der Waals surface area contributed by atoms with Crippen molar-refractivity contribution in [2.24, 2.45) is 0 Å². The summed E-state index contributed by atoms with van der Waals surface area (Å²) >= 11 is 0. The Hall–Kier alpha value is -3.72. The van der Waals surface area contributed by atoms with Crippen molar-refractivity contribution in [2.45, 2.75) is 12.8 Å². The minimum Gasteiger partial charge on any atom is -0.323 e. The molecule has 1 aliphatic heterocycles. The number of nitrogens with one attached hydrogen (secondary N) is 1. The Kier molecular flexibility index (Phi) is 4.50.